The van der Waals surface area contributed by atoms with E-state index in [0.717, 1.165) is 25.8 Å². The normalized spacial score (nSPS) is 10.9. The lowest BCUT2D eigenvalue weighted by atomic mass is 10.0. The summed E-state index contributed by atoms with van der Waals surface area (Å²) in [5.41, 5.74) is 2.02. The molecule has 20 heavy (non-hydrogen) atoms. The SMILES string of the molecule is Cc1cc(Br)c(Oc2ccc(O)c(C(C)C)c2)c(Br)c1. The lowest BCUT2D eigenvalue weighted by molar-refractivity contribution is 0.453. The highest BCUT2D eigenvalue weighted by Gasteiger charge is 2.12. The van der Waals surface area contributed by atoms with Crippen molar-refractivity contribution in [2.45, 2.75) is 26.7 Å². The number of rotatable bonds is 3. The molecular formula is C16H16Br2O2. The van der Waals surface area contributed by atoms with Gasteiger partial charge < -0.3 is 9.84 Å². The van der Waals surface area contributed by atoms with Crippen molar-refractivity contribution >= 4 is 31.9 Å². The van der Waals surface area contributed by atoms with Gasteiger partial charge in [0.2, 0.25) is 0 Å². The van der Waals surface area contributed by atoms with Gasteiger partial charge in [-0.1, -0.05) is 13.8 Å². The number of aryl methyl sites for hydroxylation is 1. The van der Waals surface area contributed by atoms with Gasteiger partial charge >= 0.3 is 0 Å². The van der Waals surface area contributed by atoms with Crippen LogP contribution in [0.4, 0.5) is 0 Å². The van der Waals surface area contributed by atoms with Crippen LogP contribution in [0.25, 0.3) is 0 Å². The van der Waals surface area contributed by atoms with E-state index in [0.29, 0.717) is 11.5 Å². The van der Waals surface area contributed by atoms with Crippen molar-refractivity contribution in [3.63, 3.8) is 0 Å². The lowest BCUT2D eigenvalue weighted by Gasteiger charge is -2.14. The van der Waals surface area contributed by atoms with Crippen molar-refractivity contribution in [3.8, 4) is 17.2 Å². The second kappa shape index (κ2) is 6.19. The molecule has 0 aliphatic carbocycles. The Morgan fingerprint density at radius 2 is 1.65 bits per heavy atom. The topological polar surface area (TPSA) is 29.5 Å². The van der Waals surface area contributed by atoms with Crippen LogP contribution in [0.2, 0.25) is 0 Å². The summed E-state index contributed by atoms with van der Waals surface area (Å²) in [4.78, 5) is 0. The molecule has 0 unspecified atom stereocenters. The average Bonchev–Trinajstić information content (AvgIpc) is 2.35. The molecule has 2 rings (SSSR count). The fraction of sp³-hybridized carbons (Fsp3) is 0.250. The number of phenolic OH excluding ortho intramolecular Hbond substituents is 1. The van der Waals surface area contributed by atoms with Crippen molar-refractivity contribution in [1.82, 2.24) is 0 Å². The number of hydrogen-bond donors (Lipinski definition) is 1. The van der Waals surface area contributed by atoms with E-state index in [1.165, 1.54) is 0 Å². The average molecular weight is 400 g/mol. The zero-order valence-corrected chi connectivity index (χ0v) is 14.7. The van der Waals surface area contributed by atoms with Gasteiger partial charge in [-0.25, -0.2) is 0 Å². The molecule has 0 amide bonds. The Kier molecular flexibility index (Phi) is 4.76. The molecule has 0 saturated carbocycles. The highest BCUT2D eigenvalue weighted by Crippen LogP contribution is 2.39. The Hall–Kier alpha value is -1.000. The minimum Gasteiger partial charge on any atom is -0.508 e. The predicted octanol–water partition coefficient (Wildman–Crippen LogP) is 6.14. The van der Waals surface area contributed by atoms with Crippen LogP contribution < -0.4 is 4.74 Å². The van der Waals surface area contributed by atoms with Gasteiger partial charge in [0.1, 0.15) is 11.5 Å². The zero-order chi connectivity index (χ0) is 14.9. The van der Waals surface area contributed by atoms with Gasteiger partial charge in [0.25, 0.3) is 0 Å². The van der Waals surface area contributed by atoms with Crippen molar-refractivity contribution < 1.29 is 9.84 Å². The summed E-state index contributed by atoms with van der Waals surface area (Å²) in [6.07, 6.45) is 0. The van der Waals surface area contributed by atoms with Gasteiger partial charge in [0.05, 0.1) is 8.95 Å². The monoisotopic (exact) mass is 398 g/mol. The number of benzene rings is 2. The van der Waals surface area contributed by atoms with Crippen LogP contribution >= 0.6 is 31.9 Å². The molecule has 0 saturated heterocycles. The Bertz CT molecular complexity index is 613. The molecule has 0 fully saturated rings. The first-order valence-corrected chi connectivity index (χ1v) is 7.93. The van der Waals surface area contributed by atoms with Crippen molar-refractivity contribution in [1.29, 1.82) is 0 Å². The Labute approximate surface area is 136 Å². The molecule has 0 aromatic heterocycles. The molecule has 2 aromatic rings. The molecule has 0 aliphatic heterocycles. The summed E-state index contributed by atoms with van der Waals surface area (Å²) in [6.45, 7) is 6.10. The highest BCUT2D eigenvalue weighted by atomic mass is 79.9. The van der Waals surface area contributed by atoms with E-state index in [9.17, 15) is 5.11 Å². The summed E-state index contributed by atoms with van der Waals surface area (Å²) in [7, 11) is 0. The number of ether oxygens (including phenoxy) is 1. The maximum absolute atomic E-state index is 9.84. The van der Waals surface area contributed by atoms with Crippen LogP contribution in [0, 0.1) is 6.92 Å². The fourth-order valence-corrected chi connectivity index (χ4v) is 3.54. The lowest BCUT2D eigenvalue weighted by Crippen LogP contribution is -1.92. The van der Waals surface area contributed by atoms with Crippen LogP contribution in [-0.2, 0) is 0 Å². The van der Waals surface area contributed by atoms with Crippen LogP contribution in [0.5, 0.6) is 17.2 Å². The molecule has 0 radical (unpaired) electrons. The first-order chi connectivity index (χ1) is 9.38. The molecule has 4 heteroatoms. The van der Waals surface area contributed by atoms with Crippen LogP contribution in [0.3, 0.4) is 0 Å². The summed E-state index contributed by atoms with van der Waals surface area (Å²) in [5, 5.41) is 9.84. The summed E-state index contributed by atoms with van der Waals surface area (Å²) < 4.78 is 7.72. The van der Waals surface area contributed by atoms with Gasteiger partial charge in [-0.3, -0.25) is 0 Å². The van der Waals surface area contributed by atoms with E-state index in [-0.39, 0.29) is 5.92 Å². The van der Waals surface area contributed by atoms with Gasteiger partial charge in [-0.15, -0.1) is 0 Å². The minimum atomic E-state index is 0.239. The molecule has 1 N–H and O–H groups in total. The smallest absolute Gasteiger partial charge is 0.155 e. The van der Waals surface area contributed by atoms with Gasteiger partial charge in [0, 0.05) is 5.56 Å². The van der Waals surface area contributed by atoms with E-state index >= 15 is 0 Å². The van der Waals surface area contributed by atoms with E-state index in [1.807, 2.05) is 39.0 Å². The molecule has 0 atom stereocenters. The van der Waals surface area contributed by atoms with Gasteiger partial charge in [0.15, 0.2) is 5.75 Å². The van der Waals surface area contributed by atoms with Crippen LogP contribution in [-0.4, -0.2) is 5.11 Å². The van der Waals surface area contributed by atoms with Crippen LogP contribution in [0.1, 0.15) is 30.9 Å². The number of phenols is 1. The zero-order valence-electron chi connectivity index (χ0n) is 11.6. The largest absolute Gasteiger partial charge is 0.508 e. The Morgan fingerprint density at radius 1 is 1.05 bits per heavy atom. The van der Waals surface area contributed by atoms with E-state index < -0.39 is 0 Å². The molecular weight excluding hydrogens is 384 g/mol. The summed E-state index contributed by atoms with van der Waals surface area (Å²) >= 11 is 7.03. The van der Waals surface area contributed by atoms with Crippen molar-refractivity contribution in [2.24, 2.45) is 0 Å². The second-order valence-corrected chi connectivity index (χ2v) is 6.74. The molecule has 0 aliphatic rings. The van der Waals surface area contributed by atoms with Crippen molar-refractivity contribution in [3.05, 3.63) is 50.4 Å². The molecule has 2 nitrogen and oxygen atoms in total. The highest BCUT2D eigenvalue weighted by molar-refractivity contribution is 9.11. The molecule has 0 spiro atoms. The third-order valence-corrected chi connectivity index (χ3v) is 4.16. The number of hydrogen-bond acceptors (Lipinski definition) is 2. The molecule has 2 aromatic carbocycles. The first kappa shape index (κ1) is 15.4. The van der Waals surface area contributed by atoms with Gasteiger partial charge in [-0.2, -0.15) is 0 Å². The predicted molar refractivity (Wildman–Crippen MR) is 88.8 cm³/mol. The fourth-order valence-electron chi connectivity index (χ4n) is 1.96. The van der Waals surface area contributed by atoms with Gasteiger partial charge in [-0.05, 0) is 80.6 Å². The van der Waals surface area contributed by atoms with Crippen LogP contribution in [0.15, 0.2) is 39.3 Å². The summed E-state index contributed by atoms with van der Waals surface area (Å²) in [6, 6.07) is 9.31. The minimum absolute atomic E-state index is 0.239. The molecule has 106 valence electrons. The Balaban J connectivity index is 2.38. The third kappa shape index (κ3) is 3.36. The van der Waals surface area contributed by atoms with Crippen molar-refractivity contribution in [2.75, 3.05) is 0 Å². The standard InChI is InChI=1S/C16H16Br2O2/c1-9(2)12-8-11(4-5-15(12)19)20-16-13(17)6-10(3)7-14(16)18/h4-9,19H,1-3H3. The van der Waals surface area contributed by atoms with E-state index in [4.69, 9.17) is 4.74 Å². The summed E-state index contributed by atoms with van der Waals surface area (Å²) in [5.74, 6) is 1.98. The maximum atomic E-state index is 9.84. The molecule has 0 bridgehead atoms. The maximum Gasteiger partial charge on any atom is 0.155 e. The Morgan fingerprint density at radius 3 is 2.20 bits per heavy atom. The van der Waals surface area contributed by atoms with E-state index in [1.54, 1.807) is 12.1 Å². The quantitative estimate of drug-likeness (QED) is 0.671. The second-order valence-electron chi connectivity index (χ2n) is 5.04. The third-order valence-electron chi connectivity index (χ3n) is 2.98. The van der Waals surface area contributed by atoms with E-state index in [2.05, 4.69) is 31.9 Å². The first-order valence-electron chi connectivity index (χ1n) is 6.35. The number of aromatic hydroxyl groups is 1. The molecule has 0 heterocycles. The number of halogens is 2.